The zero-order valence-electron chi connectivity index (χ0n) is 21.2. The molecular formula is C30H35FN2O3. The van der Waals surface area contributed by atoms with Gasteiger partial charge in [0.25, 0.3) is 0 Å². The van der Waals surface area contributed by atoms with E-state index in [-0.39, 0.29) is 18.2 Å². The molecule has 1 aliphatic rings. The number of aryl methyl sites for hydroxylation is 2. The summed E-state index contributed by atoms with van der Waals surface area (Å²) in [4.78, 5) is 14.0. The number of nitrogens with one attached hydrogen (secondary N) is 1. The number of carbonyl (C=O) groups is 1. The van der Waals surface area contributed by atoms with Crippen molar-refractivity contribution in [3.8, 4) is 5.75 Å². The molecule has 0 fully saturated rings. The molecule has 0 saturated heterocycles. The number of ether oxygens (including phenoxy) is 2. The Morgan fingerprint density at radius 1 is 1.08 bits per heavy atom. The highest BCUT2D eigenvalue weighted by atomic mass is 19.1. The van der Waals surface area contributed by atoms with Crippen molar-refractivity contribution < 1.29 is 18.7 Å². The highest BCUT2D eigenvalue weighted by molar-refractivity contribution is 5.69. The summed E-state index contributed by atoms with van der Waals surface area (Å²) in [5.74, 6) is 0.285. The van der Waals surface area contributed by atoms with Gasteiger partial charge in [0.15, 0.2) is 0 Å². The van der Waals surface area contributed by atoms with Gasteiger partial charge in [0, 0.05) is 30.9 Å². The van der Waals surface area contributed by atoms with Gasteiger partial charge >= 0.3 is 5.97 Å². The smallest absolute Gasteiger partial charge is 0.306 e. The fourth-order valence-corrected chi connectivity index (χ4v) is 4.78. The van der Waals surface area contributed by atoms with Gasteiger partial charge in [-0.15, -0.1) is 0 Å². The van der Waals surface area contributed by atoms with E-state index >= 15 is 0 Å². The van der Waals surface area contributed by atoms with Crippen molar-refractivity contribution in [3.63, 3.8) is 0 Å². The van der Waals surface area contributed by atoms with Gasteiger partial charge in [0.1, 0.15) is 18.2 Å². The van der Waals surface area contributed by atoms with Crippen LogP contribution in [0.3, 0.4) is 0 Å². The molecule has 0 spiro atoms. The van der Waals surface area contributed by atoms with Crippen LogP contribution in [0.15, 0.2) is 60.7 Å². The first-order valence-corrected chi connectivity index (χ1v) is 12.8. The number of benzene rings is 3. The summed E-state index contributed by atoms with van der Waals surface area (Å²) in [5, 5.41) is 3.39. The molecule has 0 aliphatic carbocycles. The van der Waals surface area contributed by atoms with Gasteiger partial charge in [-0.1, -0.05) is 36.4 Å². The van der Waals surface area contributed by atoms with Crippen LogP contribution in [0, 0.1) is 12.7 Å². The molecule has 5 nitrogen and oxygen atoms in total. The van der Waals surface area contributed by atoms with E-state index in [1.54, 1.807) is 13.0 Å². The topological polar surface area (TPSA) is 50.8 Å². The second-order valence-corrected chi connectivity index (χ2v) is 9.09. The van der Waals surface area contributed by atoms with Gasteiger partial charge in [-0.2, -0.15) is 0 Å². The highest BCUT2D eigenvalue weighted by Crippen LogP contribution is 2.33. The maximum atomic E-state index is 14.6. The molecule has 0 bridgehead atoms. The molecule has 0 aromatic heterocycles. The predicted octanol–water partition coefficient (Wildman–Crippen LogP) is 6.07. The second-order valence-electron chi connectivity index (χ2n) is 9.09. The molecule has 36 heavy (non-hydrogen) atoms. The predicted molar refractivity (Wildman–Crippen MR) is 142 cm³/mol. The Morgan fingerprint density at radius 2 is 1.89 bits per heavy atom. The quantitative estimate of drug-likeness (QED) is 0.331. The van der Waals surface area contributed by atoms with Crippen molar-refractivity contribution in [3.05, 3.63) is 88.7 Å². The molecular weight excluding hydrogens is 455 g/mol. The van der Waals surface area contributed by atoms with Gasteiger partial charge in [0.05, 0.1) is 13.2 Å². The molecule has 0 unspecified atom stereocenters. The van der Waals surface area contributed by atoms with Crippen LogP contribution in [-0.2, 0) is 28.9 Å². The normalized spacial score (nSPS) is 12.7. The maximum absolute atomic E-state index is 14.6. The molecule has 0 radical (unpaired) electrons. The minimum absolute atomic E-state index is 0.180. The first kappa shape index (κ1) is 25.5. The first-order chi connectivity index (χ1) is 17.5. The fraction of sp³-hybridized carbons (Fsp3) is 0.367. The zero-order chi connectivity index (χ0) is 25.3. The molecule has 190 valence electrons. The SMILES string of the molecule is CCOC(=O)CCc1ccc(NCc2ccc(C)c3c2CCCN3CCOc2ccccc2)cc1F. The van der Waals surface area contributed by atoms with Crippen LogP contribution in [-0.4, -0.2) is 32.3 Å². The van der Waals surface area contributed by atoms with Crippen LogP contribution < -0.4 is 15.0 Å². The number of hydrogen-bond donors (Lipinski definition) is 1. The van der Waals surface area contributed by atoms with Crippen LogP contribution in [0.1, 0.15) is 42.0 Å². The van der Waals surface area contributed by atoms with E-state index < -0.39 is 0 Å². The van der Waals surface area contributed by atoms with Gasteiger partial charge in [-0.3, -0.25) is 4.79 Å². The lowest BCUT2D eigenvalue weighted by atomic mass is 9.93. The number of fused-ring (bicyclic) bond motifs is 1. The number of para-hydroxylation sites is 1. The van der Waals surface area contributed by atoms with Crippen LogP contribution in [0.25, 0.3) is 0 Å². The van der Waals surface area contributed by atoms with Crippen LogP contribution in [0.4, 0.5) is 15.8 Å². The number of esters is 1. The van der Waals surface area contributed by atoms with Crippen molar-refractivity contribution in [2.24, 2.45) is 0 Å². The molecule has 3 aromatic rings. The molecule has 0 amide bonds. The van der Waals surface area contributed by atoms with E-state index in [1.807, 2.05) is 36.4 Å². The van der Waals surface area contributed by atoms with E-state index in [2.05, 4.69) is 29.3 Å². The van der Waals surface area contributed by atoms with E-state index in [4.69, 9.17) is 9.47 Å². The first-order valence-electron chi connectivity index (χ1n) is 12.8. The van der Waals surface area contributed by atoms with Gasteiger partial charge in [-0.25, -0.2) is 4.39 Å². The number of anilines is 2. The second kappa shape index (κ2) is 12.4. The Morgan fingerprint density at radius 3 is 2.67 bits per heavy atom. The summed E-state index contributed by atoms with van der Waals surface area (Å²) >= 11 is 0. The molecule has 1 N–H and O–H groups in total. The molecule has 0 saturated carbocycles. The standard InChI is InChI=1S/C30H35FN2O3/c1-3-35-29(34)16-14-23-13-15-25(20-28(23)31)32-21-24-12-11-22(2)30-27(24)10-7-17-33(30)18-19-36-26-8-5-4-6-9-26/h4-6,8-9,11-13,15,20,32H,3,7,10,14,16-19,21H2,1-2H3. The number of halogens is 1. The maximum Gasteiger partial charge on any atom is 0.306 e. The zero-order valence-corrected chi connectivity index (χ0v) is 21.2. The minimum Gasteiger partial charge on any atom is -0.492 e. The van der Waals surface area contributed by atoms with Crippen LogP contribution in [0.5, 0.6) is 5.75 Å². The molecule has 6 heteroatoms. The van der Waals surface area contributed by atoms with Crippen LogP contribution >= 0.6 is 0 Å². The Bertz CT molecular complexity index is 1170. The number of rotatable bonds is 11. The lowest BCUT2D eigenvalue weighted by Crippen LogP contribution is -2.34. The summed E-state index contributed by atoms with van der Waals surface area (Å²) in [6.07, 6.45) is 2.64. The third-order valence-corrected chi connectivity index (χ3v) is 6.57. The monoisotopic (exact) mass is 490 g/mol. The third-order valence-electron chi connectivity index (χ3n) is 6.57. The van der Waals surface area contributed by atoms with Crippen molar-refractivity contribution in [2.75, 3.05) is 36.5 Å². The molecule has 4 rings (SSSR count). The Labute approximate surface area is 213 Å². The highest BCUT2D eigenvalue weighted by Gasteiger charge is 2.21. The summed E-state index contributed by atoms with van der Waals surface area (Å²) in [6, 6.07) is 19.4. The van der Waals surface area contributed by atoms with E-state index in [1.165, 1.54) is 28.4 Å². The van der Waals surface area contributed by atoms with Gasteiger partial charge < -0.3 is 19.7 Å². The van der Waals surface area contributed by atoms with Gasteiger partial charge in [0.2, 0.25) is 0 Å². The molecule has 1 aliphatic heterocycles. The van der Waals surface area contributed by atoms with E-state index in [0.29, 0.717) is 31.7 Å². The average Bonchev–Trinajstić information content (AvgIpc) is 2.88. The van der Waals surface area contributed by atoms with Crippen molar-refractivity contribution >= 4 is 17.3 Å². The van der Waals surface area contributed by atoms with E-state index in [0.717, 1.165) is 37.4 Å². The van der Waals surface area contributed by atoms with Gasteiger partial charge in [-0.05, 0) is 79.6 Å². The van der Waals surface area contributed by atoms with Crippen LogP contribution in [0.2, 0.25) is 0 Å². The van der Waals surface area contributed by atoms with E-state index in [9.17, 15) is 9.18 Å². The van der Waals surface area contributed by atoms with Crippen molar-refractivity contribution in [2.45, 2.75) is 46.1 Å². The summed E-state index contributed by atoms with van der Waals surface area (Å²) < 4.78 is 25.5. The molecule has 1 heterocycles. The fourth-order valence-electron chi connectivity index (χ4n) is 4.78. The Hall–Kier alpha value is -3.54. The molecule has 0 atom stereocenters. The largest absolute Gasteiger partial charge is 0.492 e. The lowest BCUT2D eigenvalue weighted by Gasteiger charge is -2.34. The summed E-state index contributed by atoms with van der Waals surface area (Å²) in [5.41, 5.74) is 6.42. The number of carbonyl (C=O) groups excluding carboxylic acids is 1. The Kier molecular flexibility index (Phi) is 8.82. The average molecular weight is 491 g/mol. The van der Waals surface area contributed by atoms with Crippen molar-refractivity contribution in [1.82, 2.24) is 0 Å². The summed E-state index contributed by atoms with van der Waals surface area (Å²) in [6.45, 7) is 7.37. The Balaban J connectivity index is 1.39. The lowest BCUT2D eigenvalue weighted by molar-refractivity contribution is -0.143. The number of nitrogens with zero attached hydrogens (tertiary/aromatic N) is 1. The minimum atomic E-state index is -0.306. The number of hydrogen-bond acceptors (Lipinski definition) is 5. The van der Waals surface area contributed by atoms with Crippen molar-refractivity contribution in [1.29, 1.82) is 0 Å². The summed E-state index contributed by atoms with van der Waals surface area (Å²) in [7, 11) is 0. The molecule has 3 aromatic carbocycles. The third kappa shape index (κ3) is 6.56.